The van der Waals surface area contributed by atoms with Gasteiger partial charge in [0.1, 0.15) is 12.9 Å². The minimum absolute atomic E-state index is 0.210. The fourth-order valence-electron chi connectivity index (χ4n) is 1.15. The van der Waals surface area contributed by atoms with Crippen molar-refractivity contribution in [2.45, 2.75) is 13.0 Å². The van der Waals surface area contributed by atoms with Crippen LogP contribution in [0.5, 0.6) is 0 Å². The van der Waals surface area contributed by atoms with Crippen molar-refractivity contribution >= 4 is 23.0 Å². The molecule has 0 radical (unpaired) electrons. The number of hydrogen-bond acceptors (Lipinski definition) is 6. The normalized spacial score (nSPS) is 16.1. The summed E-state index contributed by atoms with van der Waals surface area (Å²) in [4.78, 5) is 22.5. The van der Waals surface area contributed by atoms with E-state index in [0.29, 0.717) is 31.1 Å². The number of carbonyl (C=O) groups is 2. The second-order valence-electron chi connectivity index (χ2n) is 3.73. The average Bonchev–Trinajstić information content (AvgIpc) is 2.35. The van der Waals surface area contributed by atoms with Crippen molar-refractivity contribution in [2.75, 3.05) is 32.3 Å². The molecular weight excluding hydrogens is 258 g/mol. The van der Waals surface area contributed by atoms with E-state index in [0.717, 1.165) is 11.8 Å². The molecule has 18 heavy (non-hydrogen) atoms. The van der Waals surface area contributed by atoms with Crippen molar-refractivity contribution in [3.63, 3.8) is 0 Å². The minimum Gasteiger partial charge on any atom is -0.449 e. The SMILES string of the molecule is C=C(C)C(=O)NCCSC(=O)OC1COCOC1. The van der Waals surface area contributed by atoms with Crippen LogP contribution in [-0.4, -0.2) is 49.6 Å². The van der Waals surface area contributed by atoms with Crippen molar-refractivity contribution < 1.29 is 23.8 Å². The van der Waals surface area contributed by atoms with Gasteiger partial charge in [-0.15, -0.1) is 0 Å². The summed E-state index contributed by atoms with van der Waals surface area (Å²) < 4.78 is 15.1. The maximum atomic E-state index is 11.4. The maximum absolute atomic E-state index is 11.4. The van der Waals surface area contributed by atoms with Gasteiger partial charge in [0.15, 0.2) is 0 Å². The minimum atomic E-state index is -0.390. The van der Waals surface area contributed by atoms with Crippen LogP contribution >= 0.6 is 11.8 Å². The first-order valence-electron chi connectivity index (χ1n) is 5.52. The Hall–Kier alpha value is -1.05. The first kappa shape index (κ1) is 15.0. The van der Waals surface area contributed by atoms with Crippen LogP contribution in [0.2, 0.25) is 0 Å². The molecule has 0 aromatic rings. The van der Waals surface area contributed by atoms with Gasteiger partial charge in [-0.2, -0.15) is 0 Å². The largest absolute Gasteiger partial charge is 0.449 e. The van der Waals surface area contributed by atoms with Gasteiger partial charge < -0.3 is 19.5 Å². The number of thioether (sulfide) groups is 1. The lowest BCUT2D eigenvalue weighted by Gasteiger charge is -2.22. The summed E-state index contributed by atoms with van der Waals surface area (Å²) in [5.41, 5.74) is 0.444. The molecule has 0 spiro atoms. The Labute approximate surface area is 110 Å². The van der Waals surface area contributed by atoms with E-state index in [1.807, 2.05) is 0 Å². The van der Waals surface area contributed by atoms with Crippen LogP contribution in [0.25, 0.3) is 0 Å². The molecular formula is C11H17NO5S. The second kappa shape index (κ2) is 8.12. The molecule has 1 heterocycles. The van der Waals surface area contributed by atoms with Crippen molar-refractivity contribution in [3.05, 3.63) is 12.2 Å². The molecule has 1 amide bonds. The topological polar surface area (TPSA) is 73.9 Å². The van der Waals surface area contributed by atoms with E-state index < -0.39 is 5.30 Å². The van der Waals surface area contributed by atoms with Crippen molar-refractivity contribution in [1.29, 1.82) is 0 Å². The number of hydrogen-bond donors (Lipinski definition) is 1. The average molecular weight is 275 g/mol. The quantitative estimate of drug-likeness (QED) is 0.457. The fraction of sp³-hybridized carbons (Fsp3) is 0.636. The first-order valence-corrected chi connectivity index (χ1v) is 6.50. The summed E-state index contributed by atoms with van der Waals surface area (Å²) in [6.07, 6.45) is -0.344. The number of rotatable bonds is 5. The lowest BCUT2D eigenvalue weighted by atomic mass is 10.3. The zero-order chi connectivity index (χ0) is 13.4. The van der Waals surface area contributed by atoms with Crippen molar-refractivity contribution in [1.82, 2.24) is 5.32 Å². The zero-order valence-corrected chi connectivity index (χ0v) is 11.1. The Morgan fingerprint density at radius 1 is 1.44 bits per heavy atom. The highest BCUT2D eigenvalue weighted by molar-refractivity contribution is 8.13. The molecule has 0 saturated carbocycles. The highest BCUT2D eigenvalue weighted by Crippen LogP contribution is 2.10. The van der Waals surface area contributed by atoms with E-state index >= 15 is 0 Å². The molecule has 7 heteroatoms. The van der Waals surface area contributed by atoms with E-state index in [9.17, 15) is 9.59 Å². The summed E-state index contributed by atoms with van der Waals surface area (Å²) in [7, 11) is 0. The Morgan fingerprint density at radius 2 is 2.11 bits per heavy atom. The molecule has 1 fully saturated rings. The van der Waals surface area contributed by atoms with E-state index in [4.69, 9.17) is 14.2 Å². The first-order chi connectivity index (χ1) is 8.59. The van der Waals surface area contributed by atoms with Gasteiger partial charge in [-0.3, -0.25) is 4.79 Å². The van der Waals surface area contributed by atoms with E-state index in [1.165, 1.54) is 0 Å². The van der Waals surface area contributed by atoms with Crippen LogP contribution in [0.3, 0.4) is 0 Å². The summed E-state index contributed by atoms with van der Waals surface area (Å²) in [6, 6.07) is 0. The van der Waals surface area contributed by atoms with Crippen molar-refractivity contribution in [2.24, 2.45) is 0 Å². The van der Waals surface area contributed by atoms with Crippen LogP contribution in [0, 0.1) is 0 Å². The van der Waals surface area contributed by atoms with Crippen LogP contribution in [-0.2, 0) is 19.0 Å². The molecule has 0 aromatic carbocycles. The van der Waals surface area contributed by atoms with E-state index in [-0.39, 0.29) is 18.8 Å². The third-order valence-electron chi connectivity index (χ3n) is 2.03. The lowest BCUT2D eigenvalue weighted by Crippen LogP contribution is -2.33. The molecule has 1 saturated heterocycles. The van der Waals surface area contributed by atoms with Gasteiger partial charge in [0.25, 0.3) is 0 Å². The standard InChI is InChI=1S/C11H17NO5S/c1-8(2)10(13)12-3-4-18-11(14)17-9-5-15-7-16-6-9/h9H,1,3-7H2,2H3,(H,12,13). The van der Waals surface area contributed by atoms with Crippen LogP contribution in [0.1, 0.15) is 6.92 Å². The number of amides is 1. The van der Waals surface area contributed by atoms with Crippen molar-refractivity contribution in [3.8, 4) is 0 Å². The van der Waals surface area contributed by atoms with Gasteiger partial charge >= 0.3 is 5.30 Å². The van der Waals surface area contributed by atoms with Crippen LogP contribution < -0.4 is 5.32 Å². The fourth-order valence-corrected chi connectivity index (χ4v) is 1.73. The molecule has 1 N–H and O–H groups in total. The Balaban J connectivity index is 2.06. The zero-order valence-electron chi connectivity index (χ0n) is 10.3. The van der Waals surface area contributed by atoms with Gasteiger partial charge in [-0.1, -0.05) is 6.58 Å². The third-order valence-corrected chi connectivity index (χ3v) is 2.77. The Morgan fingerprint density at radius 3 is 2.72 bits per heavy atom. The molecule has 102 valence electrons. The molecule has 0 atom stereocenters. The Bertz CT molecular complexity index is 315. The number of ether oxygens (including phenoxy) is 3. The third kappa shape index (κ3) is 6.04. The number of carbonyl (C=O) groups excluding carboxylic acids is 2. The molecule has 1 rings (SSSR count). The van der Waals surface area contributed by atoms with E-state index in [2.05, 4.69) is 11.9 Å². The molecule has 0 aliphatic carbocycles. The molecule has 1 aliphatic heterocycles. The van der Waals surface area contributed by atoms with Gasteiger partial charge in [0.2, 0.25) is 5.91 Å². The molecule has 0 unspecified atom stereocenters. The summed E-state index contributed by atoms with van der Waals surface area (Å²) >= 11 is 1.01. The van der Waals surface area contributed by atoms with E-state index in [1.54, 1.807) is 6.92 Å². The smallest absolute Gasteiger partial charge is 0.367 e. The van der Waals surface area contributed by atoms with Gasteiger partial charge in [0.05, 0.1) is 13.2 Å². The monoisotopic (exact) mass is 275 g/mol. The highest BCUT2D eigenvalue weighted by atomic mass is 32.2. The van der Waals surface area contributed by atoms with Crippen LogP contribution in [0.15, 0.2) is 12.2 Å². The number of nitrogens with one attached hydrogen (secondary N) is 1. The lowest BCUT2D eigenvalue weighted by molar-refractivity contribution is -0.149. The Kier molecular flexibility index (Phi) is 6.77. The van der Waals surface area contributed by atoms with Crippen LogP contribution in [0.4, 0.5) is 4.79 Å². The highest BCUT2D eigenvalue weighted by Gasteiger charge is 2.18. The van der Waals surface area contributed by atoms with Gasteiger partial charge in [0, 0.05) is 17.9 Å². The predicted octanol–water partition coefficient (Wildman–Crippen LogP) is 0.921. The van der Waals surface area contributed by atoms with Gasteiger partial charge in [-0.25, -0.2) is 4.79 Å². The maximum Gasteiger partial charge on any atom is 0.367 e. The predicted molar refractivity (Wildman–Crippen MR) is 67.3 cm³/mol. The summed E-state index contributed by atoms with van der Waals surface area (Å²) in [5, 5.41) is 2.23. The molecule has 0 aromatic heterocycles. The summed E-state index contributed by atoms with van der Waals surface area (Å²) in [5.74, 6) is 0.241. The summed E-state index contributed by atoms with van der Waals surface area (Å²) in [6.45, 7) is 6.49. The molecule has 1 aliphatic rings. The molecule has 6 nitrogen and oxygen atoms in total. The van der Waals surface area contributed by atoms with Gasteiger partial charge in [-0.05, 0) is 18.7 Å². The molecule has 0 bridgehead atoms. The second-order valence-corrected chi connectivity index (χ2v) is 4.76.